The maximum atomic E-state index is 12.6. The second-order valence-electron chi connectivity index (χ2n) is 7.87. The average Bonchev–Trinajstić information content (AvgIpc) is 3.22. The molecule has 1 atom stereocenters. The number of hydrogen-bond acceptors (Lipinski definition) is 5. The molecule has 1 saturated heterocycles. The summed E-state index contributed by atoms with van der Waals surface area (Å²) in [5, 5.41) is 5.53. The van der Waals surface area contributed by atoms with Crippen LogP contribution in [0.2, 0.25) is 0 Å². The van der Waals surface area contributed by atoms with Crippen LogP contribution in [0.15, 0.2) is 18.2 Å². The zero-order chi connectivity index (χ0) is 21.2. The van der Waals surface area contributed by atoms with E-state index >= 15 is 0 Å². The average molecular weight is 401 g/mol. The fourth-order valence-electron chi connectivity index (χ4n) is 3.81. The molecule has 0 aromatic heterocycles. The van der Waals surface area contributed by atoms with Crippen LogP contribution in [0.1, 0.15) is 50.2 Å². The van der Waals surface area contributed by atoms with Crippen LogP contribution >= 0.6 is 0 Å². The third kappa shape index (κ3) is 4.41. The minimum Gasteiger partial charge on any atom is -0.452 e. The van der Waals surface area contributed by atoms with Gasteiger partial charge in [0.1, 0.15) is 5.54 Å². The number of ether oxygens (including phenoxy) is 1. The zero-order valence-electron chi connectivity index (χ0n) is 17.0. The fraction of sp³-hybridized carbons (Fsp3) is 0.524. The Morgan fingerprint density at radius 1 is 1.24 bits per heavy atom. The second kappa shape index (κ2) is 8.23. The number of rotatable bonds is 6. The number of esters is 1. The minimum atomic E-state index is -0.994. The molecule has 1 aliphatic carbocycles. The van der Waals surface area contributed by atoms with Crippen molar-refractivity contribution in [3.8, 4) is 0 Å². The Morgan fingerprint density at radius 3 is 2.62 bits per heavy atom. The molecule has 1 spiro atoms. The van der Waals surface area contributed by atoms with Crippen LogP contribution in [0.25, 0.3) is 0 Å². The summed E-state index contributed by atoms with van der Waals surface area (Å²) >= 11 is 0. The summed E-state index contributed by atoms with van der Waals surface area (Å²) in [7, 11) is 0. The molecule has 156 valence electrons. The van der Waals surface area contributed by atoms with Crippen LogP contribution in [0.3, 0.4) is 0 Å². The summed E-state index contributed by atoms with van der Waals surface area (Å²) in [5.41, 5.74) is 1.78. The lowest BCUT2D eigenvalue weighted by molar-refractivity contribution is -0.153. The molecule has 1 heterocycles. The van der Waals surface area contributed by atoms with Gasteiger partial charge in [0.15, 0.2) is 6.10 Å². The monoisotopic (exact) mass is 401 g/mol. The van der Waals surface area contributed by atoms with E-state index in [1.54, 1.807) is 0 Å². The van der Waals surface area contributed by atoms with Gasteiger partial charge in [-0.25, -0.2) is 4.79 Å². The summed E-state index contributed by atoms with van der Waals surface area (Å²) in [4.78, 5) is 50.2. The van der Waals surface area contributed by atoms with Gasteiger partial charge in [0.05, 0.1) is 6.42 Å². The Hall–Kier alpha value is -2.90. The second-order valence-corrected chi connectivity index (χ2v) is 7.87. The first-order valence-corrected chi connectivity index (χ1v) is 9.93. The molecule has 1 aliphatic heterocycles. The van der Waals surface area contributed by atoms with Crippen LogP contribution in [0, 0.1) is 13.8 Å². The van der Waals surface area contributed by atoms with Gasteiger partial charge in [-0.1, -0.05) is 25.0 Å². The number of carbonyl (C=O) groups excluding carboxylic acids is 4. The van der Waals surface area contributed by atoms with E-state index in [-0.39, 0.29) is 18.9 Å². The van der Waals surface area contributed by atoms with E-state index in [1.807, 2.05) is 32.0 Å². The first-order valence-electron chi connectivity index (χ1n) is 9.93. The number of aryl methyl sites for hydroxylation is 2. The highest BCUT2D eigenvalue weighted by Crippen LogP contribution is 2.35. The molecular weight excluding hydrogens is 374 g/mol. The Labute approximate surface area is 170 Å². The molecule has 1 saturated carbocycles. The lowest BCUT2D eigenvalue weighted by atomic mass is 9.98. The Kier molecular flexibility index (Phi) is 5.91. The zero-order valence-corrected chi connectivity index (χ0v) is 17.0. The van der Waals surface area contributed by atoms with Crippen LogP contribution < -0.4 is 10.6 Å². The van der Waals surface area contributed by atoms with Crippen molar-refractivity contribution in [3.05, 3.63) is 29.3 Å². The van der Waals surface area contributed by atoms with E-state index in [1.165, 1.54) is 6.92 Å². The number of benzene rings is 1. The van der Waals surface area contributed by atoms with Gasteiger partial charge in [-0.3, -0.25) is 19.3 Å². The quantitative estimate of drug-likeness (QED) is 0.563. The molecule has 8 nitrogen and oxygen atoms in total. The number of nitrogens with one attached hydrogen (secondary N) is 2. The van der Waals surface area contributed by atoms with Gasteiger partial charge in [-0.15, -0.1) is 0 Å². The van der Waals surface area contributed by atoms with E-state index in [0.29, 0.717) is 18.5 Å². The third-order valence-corrected chi connectivity index (χ3v) is 5.57. The van der Waals surface area contributed by atoms with Gasteiger partial charge in [-0.2, -0.15) is 0 Å². The number of nitrogens with zero attached hydrogens (tertiary/aromatic N) is 1. The summed E-state index contributed by atoms with van der Waals surface area (Å²) in [6, 6.07) is 5.22. The summed E-state index contributed by atoms with van der Waals surface area (Å²) in [5.74, 6) is -1.35. The SMILES string of the molecule is Cc1ccc(C)c(NC(=O)[C@@H](C)OC(=O)CCN2C(=O)NC3(CCCC3)C2=O)c1. The Morgan fingerprint density at radius 2 is 1.93 bits per heavy atom. The molecule has 2 fully saturated rings. The highest BCUT2D eigenvalue weighted by Gasteiger charge is 2.52. The minimum absolute atomic E-state index is 0.0590. The first kappa shape index (κ1) is 20.8. The molecular formula is C21H27N3O5. The molecule has 0 radical (unpaired) electrons. The van der Waals surface area contributed by atoms with Gasteiger partial charge in [-0.05, 0) is 50.8 Å². The maximum absolute atomic E-state index is 12.6. The van der Waals surface area contributed by atoms with Gasteiger partial charge in [0, 0.05) is 12.2 Å². The molecule has 1 aromatic rings. The number of anilines is 1. The van der Waals surface area contributed by atoms with Gasteiger partial charge >= 0.3 is 12.0 Å². The lowest BCUT2D eigenvalue weighted by Crippen LogP contribution is -2.44. The number of imide groups is 1. The topological polar surface area (TPSA) is 105 Å². The van der Waals surface area contributed by atoms with Gasteiger partial charge < -0.3 is 15.4 Å². The van der Waals surface area contributed by atoms with Crippen molar-refractivity contribution in [2.45, 2.75) is 64.5 Å². The highest BCUT2D eigenvalue weighted by atomic mass is 16.5. The summed E-state index contributed by atoms with van der Waals surface area (Å²) in [6.45, 7) is 5.22. The van der Waals surface area contributed by atoms with Crippen molar-refractivity contribution in [1.82, 2.24) is 10.2 Å². The van der Waals surface area contributed by atoms with Crippen molar-refractivity contribution < 1.29 is 23.9 Å². The van der Waals surface area contributed by atoms with Crippen molar-refractivity contribution in [2.75, 3.05) is 11.9 Å². The molecule has 8 heteroatoms. The molecule has 2 aliphatic rings. The van der Waals surface area contributed by atoms with E-state index in [2.05, 4.69) is 10.6 Å². The van der Waals surface area contributed by atoms with Crippen LogP contribution in [-0.2, 0) is 19.1 Å². The Balaban J connectivity index is 1.50. The van der Waals surface area contributed by atoms with E-state index in [4.69, 9.17) is 4.74 Å². The number of carbonyl (C=O) groups is 4. The highest BCUT2D eigenvalue weighted by molar-refractivity contribution is 6.07. The number of urea groups is 1. The van der Waals surface area contributed by atoms with Crippen molar-refractivity contribution >= 4 is 29.5 Å². The van der Waals surface area contributed by atoms with E-state index in [9.17, 15) is 19.2 Å². The maximum Gasteiger partial charge on any atom is 0.325 e. The summed E-state index contributed by atoms with van der Waals surface area (Å²) in [6.07, 6.45) is 1.91. The normalized spacial score (nSPS) is 18.7. The third-order valence-electron chi connectivity index (χ3n) is 5.57. The van der Waals surface area contributed by atoms with Gasteiger partial charge in [0.25, 0.3) is 11.8 Å². The molecule has 3 rings (SSSR count). The fourth-order valence-corrected chi connectivity index (χ4v) is 3.81. The molecule has 0 unspecified atom stereocenters. The molecule has 1 aromatic carbocycles. The molecule has 0 bridgehead atoms. The standard InChI is InChI=1S/C21H27N3O5/c1-13-6-7-14(2)16(12-13)22-18(26)15(3)29-17(25)8-11-24-19(27)21(23-20(24)28)9-4-5-10-21/h6-7,12,15H,4-5,8-11H2,1-3H3,(H,22,26)(H,23,28)/t15-/m1/s1. The molecule has 2 N–H and O–H groups in total. The van der Waals surface area contributed by atoms with Gasteiger partial charge in [0.2, 0.25) is 0 Å². The van der Waals surface area contributed by atoms with Crippen molar-refractivity contribution in [1.29, 1.82) is 0 Å². The predicted octanol–water partition coefficient (Wildman–Crippen LogP) is 2.43. The van der Waals surface area contributed by atoms with Crippen LogP contribution in [0.4, 0.5) is 10.5 Å². The molecule has 29 heavy (non-hydrogen) atoms. The largest absolute Gasteiger partial charge is 0.452 e. The van der Waals surface area contributed by atoms with Crippen LogP contribution in [-0.4, -0.2) is 46.9 Å². The smallest absolute Gasteiger partial charge is 0.325 e. The molecule has 4 amide bonds. The van der Waals surface area contributed by atoms with Crippen molar-refractivity contribution in [3.63, 3.8) is 0 Å². The summed E-state index contributed by atoms with van der Waals surface area (Å²) < 4.78 is 5.18. The van der Waals surface area contributed by atoms with Crippen LogP contribution in [0.5, 0.6) is 0 Å². The Bertz CT molecular complexity index is 845. The number of amides is 4. The number of hydrogen-bond donors (Lipinski definition) is 2. The first-order chi connectivity index (χ1) is 13.7. The van der Waals surface area contributed by atoms with Crippen molar-refractivity contribution in [2.24, 2.45) is 0 Å². The predicted molar refractivity (Wildman–Crippen MR) is 106 cm³/mol. The lowest BCUT2D eigenvalue weighted by Gasteiger charge is -2.20. The van der Waals surface area contributed by atoms with E-state index in [0.717, 1.165) is 28.9 Å². The van der Waals surface area contributed by atoms with E-state index < -0.39 is 29.6 Å².